The van der Waals surface area contributed by atoms with E-state index in [0.717, 1.165) is 29.4 Å². The lowest BCUT2D eigenvalue weighted by Crippen LogP contribution is -2.42. The Hall–Kier alpha value is -0.650. The molecular formula is C14H19BrClFN2O. The molecule has 0 bridgehead atoms. The highest BCUT2D eigenvalue weighted by Gasteiger charge is 2.24. The summed E-state index contributed by atoms with van der Waals surface area (Å²) < 4.78 is 13.9. The fraction of sp³-hybridized carbons (Fsp3) is 0.500. The predicted octanol–water partition coefficient (Wildman–Crippen LogP) is 3.01. The van der Waals surface area contributed by atoms with Gasteiger partial charge < -0.3 is 10.6 Å². The Bertz CT molecular complexity index is 472. The second kappa shape index (κ2) is 7.96. The molecule has 0 aromatic heterocycles. The SMILES string of the molecule is C[C@H]1C[C@@H](C(=O)NCc2cc(F)ccc2Br)CCN1.Cl. The lowest BCUT2D eigenvalue weighted by molar-refractivity contribution is -0.126. The first-order chi connectivity index (χ1) is 9.06. The van der Waals surface area contributed by atoms with Gasteiger partial charge in [0.25, 0.3) is 0 Å². The molecule has 1 amide bonds. The van der Waals surface area contributed by atoms with Crippen molar-refractivity contribution in [2.75, 3.05) is 6.54 Å². The van der Waals surface area contributed by atoms with Crippen LogP contribution in [0.15, 0.2) is 22.7 Å². The Morgan fingerprint density at radius 1 is 1.55 bits per heavy atom. The van der Waals surface area contributed by atoms with E-state index in [1.807, 2.05) is 0 Å². The van der Waals surface area contributed by atoms with Crippen LogP contribution in [-0.4, -0.2) is 18.5 Å². The first kappa shape index (κ1) is 17.4. The van der Waals surface area contributed by atoms with Crippen LogP contribution in [0.25, 0.3) is 0 Å². The quantitative estimate of drug-likeness (QED) is 0.864. The third-order valence-electron chi connectivity index (χ3n) is 3.46. The summed E-state index contributed by atoms with van der Waals surface area (Å²) >= 11 is 3.36. The summed E-state index contributed by atoms with van der Waals surface area (Å²) in [6, 6.07) is 4.87. The van der Waals surface area contributed by atoms with E-state index in [4.69, 9.17) is 0 Å². The van der Waals surface area contributed by atoms with E-state index in [1.54, 1.807) is 6.07 Å². The molecule has 1 aliphatic heterocycles. The predicted molar refractivity (Wildman–Crippen MR) is 83.4 cm³/mol. The molecule has 1 heterocycles. The number of piperidine rings is 1. The summed E-state index contributed by atoms with van der Waals surface area (Å²) in [6.07, 6.45) is 1.72. The molecule has 6 heteroatoms. The summed E-state index contributed by atoms with van der Waals surface area (Å²) in [5.74, 6) is -0.170. The number of carbonyl (C=O) groups is 1. The molecule has 1 aliphatic rings. The van der Waals surface area contributed by atoms with Crippen molar-refractivity contribution in [1.29, 1.82) is 0 Å². The van der Waals surface area contributed by atoms with Gasteiger partial charge in [-0.05, 0) is 50.1 Å². The fourth-order valence-corrected chi connectivity index (χ4v) is 2.76. The van der Waals surface area contributed by atoms with E-state index in [9.17, 15) is 9.18 Å². The zero-order chi connectivity index (χ0) is 13.8. The summed E-state index contributed by atoms with van der Waals surface area (Å²) in [6.45, 7) is 3.32. The average Bonchev–Trinajstić information content (AvgIpc) is 2.39. The molecule has 2 rings (SSSR count). The third kappa shape index (κ3) is 4.72. The molecule has 1 fully saturated rings. The maximum absolute atomic E-state index is 13.1. The minimum atomic E-state index is -0.289. The molecule has 0 saturated carbocycles. The van der Waals surface area contributed by atoms with E-state index in [1.165, 1.54) is 12.1 Å². The van der Waals surface area contributed by atoms with Crippen LogP contribution in [0.2, 0.25) is 0 Å². The van der Waals surface area contributed by atoms with Crippen LogP contribution in [0, 0.1) is 11.7 Å². The molecule has 3 nitrogen and oxygen atoms in total. The van der Waals surface area contributed by atoms with Crippen LogP contribution in [-0.2, 0) is 11.3 Å². The molecule has 20 heavy (non-hydrogen) atoms. The molecule has 2 N–H and O–H groups in total. The smallest absolute Gasteiger partial charge is 0.223 e. The second-order valence-corrected chi connectivity index (χ2v) is 5.88. The Morgan fingerprint density at radius 3 is 3.00 bits per heavy atom. The molecule has 0 radical (unpaired) electrons. The first-order valence-electron chi connectivity index (χ1n) is 6.51. The summed E-state index contributed by atoms with van der Waals surface area (Å²) in [4.78, 5) is 12.1. The van der Waals surface area contributed by atoms with Crippen LogP contribution in [0.4, 0.5) is 4.39 Å². The maximum Gasteiger partial charge on any atom is 0.223 e. The van der Waals surface area contributed by atoms with Gasteiger partial charge >= 0.3 is 0 Å². The summed E-state index contributed by atoms with van der Waals surface area (Å²) in [5, 5.41) is 6.21. The number of rotatable bonds is 3. The normalized spacial score (nSPS) is 21.9. The van der Waals surface area contributed by atoms with E-state index in [0.29, 0.717) is 12.6 Å². The van der Waals surface area contributed by atoms with Crippen molar-refractivity contribution in [3.8, 4) is 0 Å². The van der Waals surface area contributed by atoms with E-state index >= 15 is 0 Å². The van der Waals surface area contributed by atoms with E-state index in [-0.39, 0.29) is 30.0 Å². The number of amides is 1. The van der Waals surface area contributed by atoms with Crippen molar-refractivity contribution in [2.45, 2.75) is 32.4 Å². The van der Waals surface area contributed by atoms with Crippen molar-refractivity contribution in [1.82, 2.24) is 10.6 Å². The van der Waals surface area contributed by atoms with Gasteiger partial charge in [-0.2, -0.15) is 0 Å². The van der Waals surface area contributed by atoms with Crippen LogP contribution < -0.4 is 10.6 Å². The van der Waals surface area contributed by atoms with Gasteiger partial charge in [-0.25, -0.2) is 4.39 Å². The Balaban J connectivity index is 0.00000200. The Morgan fingerprint density at radius 2 is 2.30 bits per heavy atom. The van der Waals surface area contributed by atoms with Crippen LogP contribution in [0.1, 0.15) is 25.3 Å². The molecule has 1 aromatic rings. The third-order valence-corrected chi connectivity index (χ3v) is 4.23. The summed E-state index contributed by atoms with van der Waals surface area (Å²) in [5.41, 5.74) is 0.760. The Labute approximate surface area is 133 Å². The van der Waals surface area contributed by atoms with E-state index in [2.05, 4.69) is 33.5 Å². The standard InChI is InChI=1S/C14H18BrFN2O.ClH/c1-9-6-10(4-5-17-9)14(19)18-8-11-7-12(16)2-3-13(11)15;/h2-3,7,9-10,17H,4-6,8H2,1H3,(H,18,19);1H/t9-,10-;/m0./s1. The largest absolute Gasteiger partial charge is 0.352 e. The highest BCUT2D eigenvalue weighted by atomic mass is 79.9. The monoisotopic (exact) mass is 364 g/mol. The van der Waals surface area contributed by atoms with Gasteiger partial charge in [0.1, 0.15) is 5.82 Å². The topological polar surface area (TPSA) is 41.1 Å². The van der Waals surface area contributed by atoms with Crippen LogP contribution in [0.5, 0.6) is 0 Å². The lowest BCUT2D eigenvalue weighted by Gasteiger charge is -2.27. The van der Waals surface area contributed by atoms with Crippen molar-refractivity contribution in [2.24, 2.45) is 5.92 Å². The van der Waals surface area contributed by atoms with Gasteiger partial charge in [-0.3, -0.25) is 4.79 Å². The molecule has 0 spiro atoms. The molecule has 1 saturated heterocycles. The van der Waals surface area contributed by atoms with Crippen molar-refractivity contribution in [3.63, 3.8) is 0 Å². The molecular weight excluding hydrogens is 347 g/mol. The number of benzene rings is 1. The van der Waals surface area contributed by atoms with Gasteiger partial charge in [0, 0.05) is 23.0 Å². The van der Waals surface area contributed by atoms with Crippen molar-refractivity contribution in [3.05, 3.63) is 34.1 Å². The van der Waals surface area contributed by atoms with Gasteiger partial charge in [-0.1, -0.05) is 15.9 Å². The maximum atomic E-state index is 13.1. The van der Waals surface area contributed by atoms with Gasteiger partial charge in [0.05, 0.1) is 0 Å². The number of hydrogen-bond donors (Lipinski definition) is 2. The highest BCUT2D eigenvalue weighted by molar-refractivity contribution is 9.10. The number of halogens is 3. The van der Waals surface area contributed by atoms with Crippen molar-refractivity contribution >= 4 is 34.2 Å². The fourth-order valence-electron chi connectivity index (χ4n) is 2.38. The van der Waals surface area contributed by atoms with Crippen molar-refractivity contribution < 1.29 is 9.18 Å². The highest BCUT2D eigenvalue weighted by Crippen LogP contribution is 2.19. The average molecular weight is 366 g/mol. The lowest BCUT2D eigenvalue weighted by atomic mass is 9.92. The van der Waals surface area contributed by atoms with Gasteiger partial charge in [0.2, 0.25) is 5.91 Å². The molecule has 0 aliphatic carbocycles. The van der Waals surface area contributed by atoms with Crippen LogP contribution in [0.3, 0.4) is 0 Å². The number of hydrogen-bond acceptors (Lipinski definition) is 2. The first-order valence-corrected chi connectivity index (χ1v) is 7.30. The summed E-state index contributed by atoms with van der Waals surface area (Å²) in [7, 11) is 0. The van der Waals surface area contributed by atoms with Gasteiger partial charge in [-0.15, -0.1) is 12.4 Å². The zero-order valence-electron chi connectivity index (χ0n) is 11.3. The van der Waals surface area contributed by atoms with E-state index < -0.39 is 0 Å². The Kier molecular flexibility index (Phi) is 6.92. The number of nitrogens with one attached hydrogen (secondary N) is 2. The van der Waals surface area contributed by atoms with Gasteiger partial charge in [0.15, 0.2) is 0 Å². The second-order valence-electron chi connectivity index (χ2n) is 5.03. The minimum Gasteiger partial charge on any atom is -0.352 e. The zero-order valence-corrected chi connectivity index (χ0v) is 13.7. The molecule has 2 atom stereocenters. The molecule has 1 aromatic carbocycles. The molecule has 112 valence electrons. The molecule has 0 unspecified atom stereocenters. The van der Waals surface area contributed by atoms with Crippen LogP contribution >= 0.6 is 28.3 Å². The minimum absolute atomic E-state index is 0. The number of carbonyl (C=O) groups excluding carboxylic acids is 1.